The number of phosphoric acid groups is 1. The van der Waals surface area contributed by atoms with Gasteiger partial charge in [-0.2, -0.15) is 0 Å². The lowest BCUT2D eigenvalue weighted by molar-refractivity contribution is -0.161. The third kappa shape index (κ3) is 44.1. The molecule has 0 radical (unpaired) electrons. The van der Waals surface area contributed by atoms with Crippen LogP contribution in [0, 0.1) is 0 Å². The maximum atomic E-state index is 12.8. The molecule has 0 amide bonds. The van der Waals surface area contributed by atoms with Crippen LogP contribution >= 0.6 is 7.82 Å². The molecule has 0 aromatic heterocycles. The topological polar surface area (TPSA) is 155 Å². The molecule has 0 saturated heterocycles. The number of rotatable bonds is 45. The standard InChI is InChI=1S/C52H89O11P/c1-4-7-10-13-16-19-21-23-24-26-28-31-34-37-40-43-52(56)63-49(45-59-50(54)41-38-35-32-29-18-15-12-9-6-3)47-61-64(57,58)60-46-48(44-53)62-51(55)42-39-36-33-30-27-25-22-20-17-14-11-8-5-2/h7-8,10-11,16-17,19-20,23-25,27,48-49,53H,4-6,9,12-15,18,21-22,26,28-47H2,1-3H3,(H,57,58)/b10-7-,11-8-,19-16-,20-17-,24-23-,27-25-. The van der Waals surface area contributed by atoms with E-state index in [1.807, 2.05) is 0 Å². The van der Waals surface area contributed by atoms with E-state index < -0.39 is 57.8 Å². The highest BCUT2D eigenvalue weighted by molar-refractivity contribution is 7.47. The van der Waals surface area contributed by atoms with Crippen LogP contribution in [-0.4, -0.2) is 66.5 Å². The highest BCUT2D eigenvalue weighted by Crippen LogP contribution is 2.43. The van der Waals surface area contributed by atoms with Crippen LogP contribution in [0.15, 0.2) is 72.9 Å². The van der Waals surface area contributed by atoms with Gasteiger partial charge < -0.3 is 24.2 Å². The molecule has 3 atom stereocenters. The SMILES string of the molecule is CC/C=C\C/C=C\C/C=C\CCCCCCCC(=O)OC(COC(=O)CCCCCCCCCCC)COP(=O)(O)OCC(CO)OC(=O)CCCCC/C=C\C/C=C\C/C=C\CC. The first-order valence-corrected chi connectivity index (χ1v) is 26.3. The fourth-order valence-electron chi connectivity index (χ4n) is 6.38. The van der Waals surface area contributed by atoms with Crippen molar-refractivity contribution in [1.82, 2.24) is 0 Å². The Morgan fingerprint density at radius 2 is 0.812 bits per heavy atom. The van der Waals surface area contributed by atoms with Crippen LogP contribution in [0.3, 0.4) is 0 Å². The Morgan fingerprint density at radius 3 is 1.27 bits per heavy atom. The molecule has 11 nitrogen and oxygen atoms in total. The third-order valence-electron chi connectivity index (χ3n) is 10.1. The molecular formula is C52H89O11P. The van der Waals surface area contributed by atoms with Gasteiger partial charge in [0.2, 0.25) is 0 Å². The quantitative estimate of drug-likeness (QED) is 0.0197. The number of aliphatic hydroxyl groups is 1. The molecular weight excluding hydrogens is 832 g/mol. The first-order valence-electron chi connectivity index (χ1n) is 24.8. The van der Waals surface area contributed by atoms with Gasteiger partial charge in [-0.1, -0.05) is 171 Å². The Balaban J connectivity index is 4.77. The van der Waals surface area contributed by atoms with E-state index in [0.717, 1.165) is 109 Å². The van der Waals surface area contributed by atoms with Gasteiger partial charge in [0.15, 0.2) is 6.10 Å². The second kappa shape index (κ2) is 46.4. The van der Waals surface area contributed by atoms with Gasteiger partial charge in [0.05, 0.1) is 19.8 Å². The lowest BCUT2D eigenvalue weighted by atomic mass is 10.1. The van der Waals surface area contributed by atoms with Crippen LogP contribution in [0.4, 0.5) is 0 Å². The molecule has 64 heavy (non-hydrogen) atoms. The van der Waals surface area contributed by atoms with Crippen molar-refractivity contribution in [3.05, 3.63) is 72.9 Å². The summed E-state index contributed by atoms with van der Waals surface area (Å²) in [6, 6.07) is 0. The number of carbonyl (C=O) groups excluding carboxylic acids is 3. The summed E-state index contributed by atoms with van der Waals surface area (Å²) in [7, 11) is -4.75. The first kappa shape index (κ1) is 60.9. The van der Waals surface area contributed by atoms with Crippen LogP contribution in [0.1, 0.15) is 201 Å². The number of ether oxygens (including phenoxy) is 3. The lowest BCUT2D eigenvalue weighted by Crippen LogP contribution is -2.30. The number of unbranched alkanes of at least 4 members (excludes halogenated alkanes) is 16. The van der Waals surface area contributed by atoms with Crippen LogP contribution < -0.4 is 0 Å². The Kier molecular flexibility index (Phi) is 44.2. The molecule has 0 aromatic rings. The summed E-state index contributed by atoms with van der Waals surface area (Å²) in [5.41, 5.74) is 0. The van der Waals surface area contributed by atoms with Gasteiger partial charge in [0.1, 0.15) is 12.7 Å². The molecule has 0 aromatic carbocycles. The smallest absolute Gasteiger partial charge is 0.462 e. The maximum absolute atomic E-state index is 12.8. The van der Waals surface area contributed by atoms with Crippen molar-refractivity contribution in [2.24, 2.45) is 0 Å². The maximum Gasteiger partial charge on any atom is 0.472 e. The van der Waals surface area contributed by atoms with Gasteiger partial charge >= 0.3 is 25.7 Å². The minimum Gasteiger partial charge on any atom is -0.462 e. The molecule has 368 valence electrons. The van der Waals surface area contributed by atoms with Gasteiger partial charge in [0.25, 0.3) is 0 Å². The van der Waals surface area contributed by atoms with Gasteiger partial charge in [-0.25, -0.2) is 4.57 Å². The minimum atomic E-state index is -4.75. The summed E-state index contributed by atoms with van der Waals surface area (Å²) in [6.07, 6.45) is 48.8. The molecule has 12 heteroatoms. The number of aliphatic hydroxyl groups excluding tert-OH is 1. The predicted octanol–water partition coefficient (Wildman–Crippen LogP) is 13.8. The van der Waals surface area contributed by atoms with Crippen molar-refractivity contribution in [1.29, 1.82) is 0 Å². The highest BCUT2D eigenvalue weighted by atomic mass is 31.2. The molecule has 0 aliphatic carbocycles. The van der Waals surface area contributed by atoms with Crippen molar-refractivity contribution < 1.29 is 52.2 Å². The fourth-order valence-corrected chi connectivity index (χ4v) is 7.17. The highest BCUT2D eigenvalue weighted by Gasteiger charge is 2.28. The van der Waals surface area contributed by atoms with Gasteiger partial charge in [-0.05, 0) is 83.5 Å². The second-order valence-corrected chi connectivity index (χ2v) is 17.7. The number of allylic oxidation sites excluding steroid dienone is 12. The van der Waals surface area contributed by atoms with E-state index in [9.17, 15) is 28.9 Å². The molecule has 0 rings (SSSR count). The molecule has 3 unspecified atom stereocenters. The number of esters is 3. The molecule has 0 bridgehead atoms. The Hall–Kier alpha value is -3.08. The van der Waals surface area contributed by atoms with Crippen LogP contribution in [-0.2, 0) is 42.2 Å². The average molecular weight is 921 g/mol. The third-order valence-corrected chi connectivity index (χ3v) is 11.1. The van der Waals surface area contributed by atoms with Crippen molar-refractivity contribution in [2.75, 3.05) is 26.4 Å². The zero-order valence-electron chi connectivity index (χ0n) is 40.2. The van der Waals surface area contributed by atoms with Crippen molar-refractivity contribution in [3.8, 4) is 0 Å². The molecule has 2 N–H and O–H groups in total. The van der Waals surface area contributed by atoms with E-state index in [1.165, 1.54) is 32.1 Å². The zero-order chi connectivity index (χ0) is 47.0. The second-order valence-electron chi connectivity index (χ2n) is 16.2. The Bertz CT molecular complexity index is 1350. The summed E-state index contributed by atoms with van der Waals surface area (Å²) in [5, 5.41) is 9.75. The summed E-state index contributed by atoms with van der Waals surface area (Å²) in [5.74, 6) is -1.52. The van der Waals surface area contributed by atoms with Gasteiger partial charge in [-0.15, -0.1) is 0 Å². The van der Waals surface area contributed by atoms with E-state index in [0.29, 0.717) is 19.3 Å². The minimum absolute atomic E-state index is 0.139. The van der Waals surface area contributed by atoms with Crippen LogP contribution in [0.25, 0.3) is 0 Å². The molecule has 0 aliphatic heterocycles. The predicted molar refractivity (Wildman–Crippen MR) is 261 cm³/mol. The largest absolute Gasteiger partial charge is 0.472 e. The number of hydrogen-bond acceptors (Lipinski definition) is 10. The molecule has 0 heterocycles. The molecule has 0 spiro atoms. The van der Waals surface area contributed by atoms with Crippen LogP contribution in [0.5, 0.6) is 0 Å². The summed E-state index contributed by atoms with van der Waals surface area (Å²) < 4.78 is 39.2. The monoisotopic (exact) mass is 921 g/mol. The van der Waals surface area contributed by atoms with Crippen molar-refractivity contribution in [3.63, 3.8) is 0 Å². The summed E-state index contributed by atoms with van der Waals surface area (Å²) >= 11 is 0. The average Bonchev–Trinajstić information content (AvgIpc) is 3.28. The number of hydrogen-bond donors (Lipinski definition) is 2. The summed E-state index contributed by atoms with van der Waals surface area (Å²) in [4.78, 5) is 48.1. The first-order chi connectivity index (χ1) is 31.2. The van der Waals surface area contributed by atoms with Crippen molar-refractivity contribution in [2.45, 2.75) is 213 Å². The number of phosphoric ester groups is 1. The normalized spacial score (nSPS) is 14.1. The summed E-state index contributed by atoms with van der Waals surface area (Å²) in [6.45, 7) is 4.31. The lowest BCUT2D eigenvalue weighted by Gasteiger charge is -2.21. The van der Waals surface area contributed by atoms with E-state index in [-0.39, 0.29) is 25.9 Å². The van der Waals surface area contributed by atoms with Crippen LogP contribution in [0.2, 0.25) is 0 Å². The van der Waals surface area contributed by atoms with E-state index in [1.54, 1.807) is 0 Å². The fraction of sp³-hybridized carbons (Fsp3) is 0.712. The zero-order valence-corrected chi connectivity index (χ0v) is 41.1. The Morgan fingerprint density at radius 1 is 0.453 bits per heavy atom. The Labute approximate surface area is 388 Å². The van der Waals surface area contributed by atoms with E-state index >= 15 is 0 Å². The van der Waals surface area contributed by atoms with Gasteiger partial charge in [0, 0.05) is 19.3 Å². The molecule has 0 saturated carbocycles. The molecule has 0 aliphatic rings. The van der Waals surface area contributed by atoms with E-state index in [4.69, 9.17) is 23.3 Å². The number of carbonyl (C=O) groups is 3. The van der Waals surface area contributed by atoms with Gasteiger partial charge in [-0.3, -0.25) is 23.4 Å². The molecule has 0 fully saturated rings. The van der Waals surface area contributed by atoms with E-state index in [2.05, 4.69) is 93.7 Å². The van der Waals surface area contributed by atoms with Crippen molar-refractivity contribution >= 4 is 25.7 Å².